The predicted octanol–water partition coefficient (Wildman–Crippen LogP) is 3.56. The minimum Gasteiger partial charge on any atom is -0.314 e. The summed E-state index contributed by atoms with van der Waals surface area (Å²) < 4.78 is 37.3. The molecule has 0 aromatic heterocycles. The number of alkyl halides is 3. The Morgan fingerprint density at radius 2 is 1.71 bits per heavy atom. The lowest BCUT2D eigenvalue weighted by atomic mass is 9.90. The molecule has 1 aromatic rings. The van der Waals surface area contributed by atoms with E-state index in [2.05, 4.69) is 12.2 Å². The van der Waals surface area contributed by atoms with Gasteiger partial charge in [0.1, 0.15) is 0 Å². The van der Waals surface area contributed by atoms with E-state index < -0.39 is 11.7 Å². The molecule has 0 amide bonds. The molecule has 0 heterocycles. The highest BCUT2D eigenvalue weighted by Gasteiger charge is 2.46. The second-order valence-corrected chi connectivity index (χ2v) is 4.75. The average molecular weight is 243 g/mol. The van der Waals surface area contributed by atoms with Crippen LogP contribution in [0.2, 0.25) is 0 Å². The maximum absolute atomic E-state index is 12.4. The standard InChI is InChI=1S/C13H16F3N/c1-9(12(17-2)7-8-12)10-3-5-11(6-4-10)13(14,15)16/h3-6,9,17H,7-8H2,1-2H3. The number of rotatable bonds is 3. The van der Waals surface area contributed by atoms with Crippen LogP contribution >= 0.6 is 0 Å². The van der Waals surface area contributed by atoms with Gasteiger partial charge in [-0.15, -0.1) is 0 Å². The molecule has 1 aromatic carbocycles. The van der Waals surface area contributed by atoms with Crippen molar-refractivity contribution in [1.82, 2.24) is 5.32 Å². The van der Waals surface area contributed by atoms with Gasteiger partial charge in [-0.1, -0.05) is 19.1 Å². The van der Waals surface area contributed by atoms with E-state index in [4.69, 9.17) is 0 Å². The largest absolute Gasteiger partial charge is 0.416 e. The summed E-state index contributed by atoms with van der Waals surface area (Å²) >= 11 is 0. The van der Waals surface area contributed by atoms with E-state index in [1.807, 2.05) is 7.05 Å². The lowest BCUT2D eigenvalue weighted by Gasteiger charge is -2.23. The molecule has 0 saturated heterocycles. The van der Waals surface area contributed by atoms with Crippen LogP contribution in [0.15, 0.2) is 24.3 Å². The summed E-state index contributed by atoms with van der Waals surface area (Å²) in [5.41, 5.74) is 0.479. The van der Waals surface area contributed by atoms with Crippen molar-refractivity contribution in [1.29, 1.82) is 0 Å². The number of halogens is 3. The molecule has 0 aliphatic heterocycles. The Hall–Kier alpha value is -1.03. The fourth-order valence-electron chi connectivity index (χ4n) is 2.31. The molecule has 4 heteroatoms. The SMILES string of the molecule is CNC1(C(C)c2ccc(C(F)(F)F)cc2)CC1. The van der Waals surface area contributed by atoms with Gasteiger partial charge in [0.2, 0.25) is 0 Å². The Labute approximate surface area is 99.0 Å². The molecule has 17 heavy (non-hydrogen) atoms. The third kappa shape index (κ3) is 2.32. The first-order valence-electron chi connectivity index (χ1n) is 5.75. The van der Waals surface area contributed by atoms with Gasteiger partial charge in [0.25, 0.3) is 0 Å². The second-order valence-electron chi connectivity index (χ2n) is 4.75. The van der Waals surface area contributed by atoms with E-state index in [1.165, 1.54) is 0 Å². The summed E-state index contributed by atoms with van der Waals surface area (Å²) in [6, 6.07) is 5.50. The van der Waals surface area contributed by atoms with Gasteiger partial charge in [0.05, 0.1) is 5.56 Å². The molecule has 94 valence electrons. The fraction of sp³-hybridized carbons (Fsp3) is 0.538. The van der Waals surface area contributed by atoms with Crippen molar-refractivity contribution < 1.29 is 13.2 Å². The molecule has 1 N–H and O–H groups in total. The second kappa shape index (κ2) is 4.02. The Kier molecular flexibility index (Phi) is 2.94. The highest BCUT2D eigenvalue weighted by molar-refractivity contribution is 5.31. The van der Waals surface area contributed by atoms with Crippen LogP contribution < -0.4 is 5.32 Å². The van der Waals surface area contributed by atoms with Gasteiger partial charge in [-0.3, -0.25) is 0 Å². The predicted molar refractivity (Wildman–Crippen MR) is 60.9 cm³/mol. The van der Waals surface area contributed by atoms with Crippen LogP contribution in [0.1, 0.15) is 36.8 Å². The van der Waals surface area contributed by atoms with Crippen molar-refractivity contribution in [3.05, 3.63) is 35.4 Å². The number of hydrogen-bond donors (Lipinski definition) is 1. The Morgan fingerprint density at radius 1 is 1.18 bits per heavy atom. The van der Waals surface area contributed by atoms with Crippen molar-refractivity contribution >= 4 is 0 Å². The molecule has 1 aliphatic rings. The van der Waals surface area contributed by atoms with Gasteiger partial charge in [-0.2, -0.15) is 13.2 Å². The Morgan fingerprint density at radius 3 is 2.06 bits per heavy atom. The third-order valence-corrected chi connectivity index (χ3v) is 3.85. The van der Waals surface area contributed by atoms with Gasteiger partial charge < -0.3 is 5.32 Å². The highest BCUT2D eigenvalue weighted by atomic mass is 19.4. The topological polar surface area (TPSA) is 12.0 Å². The first-order chi connectivity index (χ1) is 7.89. The minimum absolute atomic E-state index is 0.0970. The van der Waals surface area contributed by atoms with Gasteiger partial charge in [-0.05, 0) is 43.5 Å². The molecular formula is C13H16F3N. The quantitative estimate of drug-likeness (QED) is 0.855. The van der Waals surface area contributed by atoms with E-state index in [0.29, 0.717) is 0 Å². The Balaban J connectivity index is 2.19. The van der Waals surface area contributed by atoms with Gasteiger partial charge in [-0.25, -0.2) is 0 Å². The zero-order valence-corrected chi connectivity index (χ0v) is 9.93. The van der Waals surface area contributed by atoms with E-state index in [0.717, 1.165) is 30.5 Å². The van der Waals surface area contributed by atoms with Crippen molar-refractivity contribution in [3.63, 3.8) is 0 Å². The van der Waals surface area contributed by atoms with Crippen molar-refractivity contribution in [2.75, 3.05) is 7.05 Å². The van der Waals surface area contributed by atoms with Crippen molar-refractivity contribution in [2.45, 2.75) is 37.4 Å². The molecule has 0 spiro atoms. The number of hydrogen-bond acceptors (Lipinski definition) is 1. The van der Waals surface area contributed by atoms with Crippen LogP contribution in [0.25, 0.3) is 0 Å². The summed E-state index contributed by atoms with van der Waals surface area (Å²) in [7, 11) is 1.91. The molecule has 0 bridgehead atoms. The third-order valence-electron chi connectivity index (χ3n) is 3.85. The summed E-state index contributed by atoms with van der Waals surface area (Å²) in [5.74, 6) is 0.245. The average Bonchev–Trinajstić information content (AvgIpc) is 3.08. The van der Waals surface area contributed by atoms with Crippen LogP contribution in [0.5, 0.6) is 0 Å². The number of nitrogens with one attached hydrogen (secondary N) is 1. The van der Waals surface area contributed by atoms with E-state index in [1.54, 1.807) is 12.1 Å². The number of likely N-dealkylation sites (N-methyl/N-ethyl adjacent to an activating group) is 1. The maximum Gasteiger partial charge on any atom is 0.416 e. The summed E-state index contributed by atoms with van der Waals surface area (Å²) in [4.78, 5) is 0. The first-order valence-corrected chi connectivity index (χ1v) is 5.75. The van der Waals surface area contributed by atoms with E-state index >= 15 is 0 Å². The first kappa shape index (κ1) is 12.4. The van der Waals surface area contributed by atoms with Gasteiger partial charge >= 0.3 is 6.18 Å². The molecule has 0 radical (unpaired) electrons. The van der Waals surface area contributed by atoms with Gasteiger partial charge in [0.15, 0.2) is 0 Å². The fourth-order valence-corrected chi connectivity index (χ4v) is 2.31. The Bertz CT molecular complexity index is 390. The highest BCUT2D eigenvalue weighted by Crippen LogP contribution is 2.47. The zero-order chi connectivity index (χ0) is 12.7. The van der Waals surface area contributed by atoms with Crippen LogP contribution in [-0.4, -0.2) is 12.6 Å². The lowest BCUT2D eigenvalue weighted by molar-refractivity contribution is -0.137. The lowest BCUT2D eigenvalue weighted by Crippen LogP contribution is -2.32. The number of benzene rings is 1. The molecule has 1 fully saturated rings. The molecule has 2 rings (SSSR count). The van der Waals surface area contributed by atoms with Crippen LogP contribution in [-0.2, 0) is 6.18 Å². The molecule has 1 unspecified atom stereocenters. The van der Waals surface area contributed by atoms with E-state index in [9.17, 15) is 13.2 Å². The van der Waals surface area contributed by atoms with Crippen molar-refractivity contribution in [3.8, 4) is 0 Å². The van der Waals surface area contributed by atoms with Crippen LogP contribution in [0, 0.1) is 0 Å². The van der Waals surface area contributed by atoms with Gasteiger partial charge in [0, 0.05) is 5.54 Å². The normalized spacial score (nSPS) is 20.1. The molecule has 1 atom stereocenters. The molecule has 1 nitrogen and oxygen atoms in total. The monoisotopic (exact) mass is 243 g/mol. The van der Waals surface area contributed by atoms with Crippen LogP contribution in [0.4, 0.5) is 13.2 Å². The maximum atomic E-state index is 12.4. The summed E-state index contributed by atoms with van der Waals surface area (Å²) in [6.45, 7) is 2.06. The molecule has 1 saturated carbocycles. The van der Waals surface area contributed by atoms with Crippen LogP contribution in [0.3, 0.4) is 0 Å². The summed E-state index contributed by atoms with van der Waals surface area (Å²) in [6.07, 6.45) is -2.07. The van der Waals surface area contributed by atoms with Crippen molar-refractivity contribution in [2.24, 2.45) is 0 Å². The smallest absolute Gasteiger partial charge is 0.314 e. The zero-order valence-electron chi connectivity index (χ0n) is 9.93. The minimum atomic E-state index is -4.25. The molecule has 1 aliphatic carbocycles. The molecular weight excluding hydrogens is 227 g/mol. The van der Waals surface area contributed by atoms with E-state index in [-0.39, 0.29) is 11.5 Å². The summed E-state index contributed by atoms with van der Waals surface area (Å²) in [5, 5.41) is 3.27.